The molecule has 5 heteroatoms. The molecule has 1 aliphatic rings. The van der Waals surface area contributed by atoms with Gasteiger partial charge in [0.2, 0.25) is 0 Å². The van der Waals surface area contributed by atoms with E-state index in [1.807, 2.05) is 6.07 Å². The van der Waals surface area contributed by atoms with E-state index in [-0.39, 0.29) is 12.4 Å². The standard InChI is InChI=1S/C10H11Br2NO.ClH/c1-5-2-3-6-7(11)4-8(12)10(14)9(6)13-5;/h4-5,13-14H,2-3H2,1H3;1H. The lowest BCUT2D eigenvalue weighted by Crippen LogP contribution is -3.00. The Morgan fingerprint density at radius 1 is 1.40 bits per heavy atom. The lowest BCUT2D eigenvalue weighted by molar-refractivity contribution is -0.612. The minimum atomic E-state index is 0. The molecule has 0 fully saturated rings. The Balaban J connectivity index is 0.00000112. The summed E-state index contributed by atoms with van der Waals surface area (Å²) < 4.78 is 1.84. The predicted molar refractivity (Wildman–Crippen MR) is 62.9 cm³/mol. The van der Waals surface area contributed by atoms with E-state index in [0.717, 1.165) is 27.5 Å². The molecule has 1 aromatic rings. The number of fused-ring (bicyclic) bond motifs is 1. The van der Waals surface area contributed by atoms with Gasteiger partial charge in [0.15, 0.2) is 11.4 Å². The first-order chi connectivity index (χ1) is 6.59. The van der Waals surface area contributed by atoms with Crippen molar-refractivity contribution in [3.05, 3.63) is 20.6 Å². The zero-order valence-electron chi connectivity index (χ0n) is 8.23. The van der Waals surface area contributed by atoms with E-state index < -0.39 is 0 Å². The zero-order chi connectivity index (χ0) is 10.3. The highest BCUT2D eigenvalue weighted by atomic mass is 79.9. The molecule has 0 aromatic heterocycles. The Morgan fingerprint density at radius 2 is 2.07 bits per heavy atom. The molecule has 1 atom stereocenters. The second-order valence-electron chi connectivity index (χ2n) is 3.76. The van der Waals surface area contributed by atoms with E-state index in [9.17, 15) is 5.11 Å². The van der Waals surface area contributed by atoms with Crippen LogP contribution < -0.4 is 17.7 Å². The number of benzene rings is 1. The summed E-state index contributed by atoms with van der Waals surface area (Å²) in [5.74, 6) is 0.370. The van der Waals surface area contributed by atoms with Gasteiger partial charge in [-0.15, -0.1) is 0 Å². The summed E-state index contributed by atoms with van der Waals surface area (Å²) in [7, 11) is 0. The molecule has 2 nitrogen and oxygen atoms in total. The molecule has 15 heavy (non-hydrogen) atoms. The molecule has 1 heterocycles. The van der Waals surface area contributed by atoms with Crippen LogP contribution in [0.3, 0.4) is 0 Å². The number of quaternary nitrogens is 1. The van der Waals surface area contributed by atoms with Gasteiger partial charge in [0, 0.05) is 16.5 Å². The molecule has 0 bridgehead atoms. The maximum absolute atomic E-state index is 9.89. The largest absolute Gasteiger partial charge is 1.00 e. The van der Waals surface area contributed by atoms with Crippen LogP contribution >= 0.6 is 31.9 Å². The van der Waals surface area contributed by atoms with Gasteiger partial charge in [-0.1, -0.05) is 15.9 Å². The van der Waals surface area contributed by atoms with E-state index in [4.69, 9.17) is 0 Å². The Labute approximate surface area is 112 Å². The number of hydrogen-bond acceptors (Lipinski definition) is 1. The monoisotopic (exact) mass is 355 g/mol. The molecule has 0 saturated carbocycles. The minimum Gasteiger partial charge on any atom is -1.00 e. The Bertz CT molecular complexity index is 384. The topological polar surface area (TPSA) is 36.8 Å². The summed E-state index contributed by atoms with van der Waals surface area (Å²) in [4.78, 5) is 0. The number of halogens is 3. The highest BCUT2D eigenvalue weighted by molar-refractivity contribution is 9.11. The van der Waals surface area contributed by atoms with Gasteiger partial charge >= 0.3 is 0 Å². The molecule has 0 spiro atoms. The van der Waals surface area contributed by atoms with Crippen molar-refractivity contribution in [3.63, 3.8) is 0 Å². The van der Waals surface area contributed by atoms with Crippen LogP contribution in [0.25, 0.3) is 0 Å². The number of aromatic hydroxyl groups is 1. The number of nitrogens with two attached hydrogens (primary N) is 1. The van der Waals surface area contributed by atoms with Crippen molar-refractivity contribution in [2.24, 2.45) is 0 Å². The van der Waals surface area contributed by atoms with E-state index in [2.05, 4.69) is 44.1 Å². The van der Waals surface area contributed by atoms with E-state index in [1.54, 1.807) is 0 Å². The molecule has 0 saturated heterocycles. The van der Waals surface area contributed by atoms with Gasteiger partial charge in [-0.05, 0) is 35.3 Å². The highest BCUT2D eigenvalue weighted by Gasteiger charge is 2.25. The summed E-state index contributed by atoms with van der Waals surface area (Å²) in [6.45, 7) is 2.18. The lowest BCUT2D eigenvalue weighted by Gasteiger charge is -2.21. The third-order valence-corrected chi connectivity index (χ3v) is 3.96. The van der Waals surface area contributed by atoms with Gasteiger partial charge < -0.3 is 22.8 Å². The second kappa shape index (κ2) is 5.04. The normalized spacial score (nSPS) is 19.3. The molecule has 84 valence electrons. The van der Waals surface area contributed by atoms with Gasteiger partial charge in [0.25, 0.3) is 0 Å². The summed E-state index contributed by atoms with van der Waals surface area (Å²) in [5, 5.41) is 12.0. The van der Waals surface area contributed by atoms with Crippen LogP contribution in [0.15, 0.2) is 15.0 Å². The SMILES string of the molecule is CC1CCc2c(Br)cc(Br)c(O)c2[NH2+]1.[Cl-]. The Hall–Kier alpha value is 0.230. The molecule has 0 aliphatic carbocycles. The van der Waals surface area contributed by atoms with E-state index in [0.29, 0.717) is 11.8 Å². The van der Waals surface area contributed by atoms with Crippen LogP contribution in [0.4, 0.5) is 5.69 Å². The average Bonchev–Trinajstić information content (AvgIpc) is 2.14. The number of rotatable bonds is 0. The highest BCUT2D eigenvalue weighted by Crippen LogP contribution is 2.39. The fourth-order valence-corrected chi connectivity index (χ4v) is 3.23. The van der Waals surface area contributed by atoms with Crippen molar-refractivity contribution in [2.75, 3.05) is 0 Å². The quantitative estimate of drug-likeness (QED) is 0.475. The van der Waals surface area contributed by atoms with Crippen LogP contribution in [0, 0.1) is 0 Å². The first-order valence-corrected chi connectivity index (χ1v) is 6.23. The summed E-state index contributed by atoms with van der Waals surface area (Å²) in [6.07, 6.45) is 2.20. The van der Waals surface area contributed by atoms with Gasteiger partial charge in [-0.3, -0.25) is 0 Å². The Morgan fingerprint density at radius 3 is 2.73 bits per heavy atom. The molecule has 3 N–H and O–H groups in total. The number of phenols is 1. The average molecular weight is 357 g/mol. The molecular formula is C10H12Br2ClNO. The third kappa shape index (κ3) is 2.49. The van der Waals surface area contributed by atoms with Crippen LogP contribution in [0.2, 0.25) is 0 Å². The van der Waals surface area contributed by atoms with Crippen molar-refractivity contribution in [1.29, 1.82) is 0 Å². The fourth-order valence-electron chi connectivity index (χ4n) is 1.84. The van der Waals surface area contributed by atoms with Crippen molar-refractivity contribution in [3.8, 4) is 5.75 Å². The van der Waals surface area contributed by atoms with Gasteiger partial charge in [-0.25, -0.2) is 0 Å². The lowest BCUT2D eigenvalue weighted by atomic mass is 9.98. The number of phenolic OH excluding ortho intramolecular Hbond substituents is 1. The fraction of sp³-hybridized carbons (Fsp3) is 0.400. The molecule has 0 amide bonds. The summed E-state index contributed by atoms with van der Waals surface area (Å²) >= 11 is 6.87. The maximum Gasteiger partial charge on any atom is 0.191 e. The van der Waals surface area contributed by atoms with E-state index in [1.165, 1.54) is 5.56 Å². The second-order valence-corrected chi connectivity index (χ2v) is 5.47. The molecule has 1 unspecified atom stereocenters. The van der Waals surface area contributed by atoms with Gasteiger partial charge in [0.1, 0.15) is 0 Å². The van der Waals surface area contributed by atoms with Crippen LogP contribution in [0.5, 0.6) is 5.75 Å². The minimum absolute atomic E-state index is 0. The maximum atomic E-state index is 9.89. The smallest absolute Gasteiger partial charge is 0.191 e. The predicted octanol–water partition coefficient (Wildman–Crippen LogP) is -0.549. The Kier molecular flexibility index (Phi) is 4.47. The molecular weight excluding hydrogens is 345 g/mol. The molecule has 1 aromatic carbocycles. The molecule has 2 rings (SSSR count). The van der Waals surface area contributed by atoms with Crippen LogP contribution in [-0.4, -0.2) is 11.1 Å². The van der Waals surface area contributed by atoms with Crippen LogP contribution in [-0.2, 0) is 6.42 Å². The van der Waals surface area contributed by atoms with Crippen molar-refractivity contribution < 1.29 is 22.8 Å². The van der Waals surface area contributed by atoms with Crippen molar-refractivity contribution in [1.82, 2.24) is 0 Å². The first-order valence-electron chi connectivity index (χ1n) is 4.64. The van der Waals surface area contributed by atoms with E-state index >= 15 is 0 Å². The van der Waals surface area contributed by atoms with Crippen molar-refractivity contribution in [2.45, 2.75) is 25.8 Å². The molecule has 0 radical (unpaired) electrons. The van der Waals surface area contributed by atoms with Crippen LogP contribution in [0.1, 0.15) is 18.9 Å². The summed E-state index contributed by atoms with van der Waals surface area (Å²) in [5.41, 5.74) is 2.22. The van der Waals surface area contributed by atoms with Crippen molar-refractivity contribution >= 4 is 37.5 Å². The molecule has 1 aliphatic heterocycles. The van der Waals surface area contributed by atoms with Gasteiger partial charge in [-0.2, -0.15) is 0 Å². The number of hydrogen-bond donors (Lipinski definition) is 2. The van der Waals surface area contributed by atoms with Gasteiger partial charge in [0.05, 0.1) is 10.5 Å². The first kappa shape index (κ1) is 13.3. The summed E-state index contributed by atoms with van der Waals surface area (Å²) in [6, 6.07) is 2.47. The zero-order valence-corrected chi connectivity index (χ0v) is 12.2. The third-order valence-electron chi connectivity index (χ3n) is 2.65.